The van der Waals surface area contributed by atoms with E-state index in [-0.39, 0.29) is 28.1 Å². The molecule has 0 aliphatic heterocycles. The molecule has 1 aliphatic carbocycles. The van der Waals surface area contributed by atoms with Crippen molar-refractivity contribution in [3.63, 3.8) is 0 Å². The number of aliphatic hydroxyl groups excluding tert-OH is 1. The van der Waals surface area contributed by atoms with Crippen LogP contribution in [0.2, 0.25) is 0 Å². The van der Waals surface area contributed by atoms with Crippen molar-refractivity contribution in [2.24, 2.45) is 10.8 Å². The highest BCUT2D eigenvalue weighted by Gasteiger charge is 2.46. The molecule has 180 valence electrons. The molecule has 1 fully saturated rings. The lowest BCUT2D eigenvalue weighted by atomic mass is 9.59. The molecule has 1 saturated carbocycles. The van der Waals surface area contributed by atoms with E-state index < -0.39 is 0 Å². The molecule has 0 bridgehead atoms. The van der Waals surface area contributed by atoms with Crippen LogP contribution >= 0.6 is 24.4 Å². The Labute approximate surface area is 205 Å². The molecule has 0 radical (unpaired) electrons. The largest absolute Gasteiger partial charge is 0.487 e. The first kappa shape index (κ1) is 26.8. The lowest BCUT2D eigenvalue weighted by Gasteiger charge is -2.50. The molecule has 1 aromatic rings. The molecule has 1 aromatic carbocycles. The van der Waals surface area contributed by atoms with Gasteiger partial charge in [-0.15, -0.1) is 0 Å². The van der Waals surface area contributed by atoms with E-state index in [0.717, 1.165) is 31.4 Å². The van der Waals surface area contributed by atoms with E-state index in [9.17, 15) is 5.11 Å². The minimum atomic E-state index is -0.113. The van der Waals surface area contributed by atoms with Gasteiger partial charge < -0.3 is 20.5 Å². The van der Waals surface area contributed by atoms with E-state index in [4.69, 9.17) is 29.2 Å². The van der Waals surface area contributed by atoms with Crippen molar-refractivity contribution in [1.29, 1.82) is 0 Å². The molecule has 3 atom stereocenters. The number of para-hydroxylation sites is 1. The minimum absolute atomic E-state index is 0.00226. The highest BCUT2D eigenvalue weighted by Crippen LogP contribution is 2.49. The third kappa shape index (κ3) is 9.22. The molecule has 0 spiro atoms. The molecule has 1 aliphatic rings. The van der Waals surface area contributed by atoms with Crippen molar-refractivity contribution < 1.29 is 9.84 Å². The minimum Gasteiger partial charge on any atom is -0.487 e. The Balaban J connectivity index is 2.11. The van der Waals surface area contributed by atoms with Gasteiger partial charge in [0.1, 0.15) is 5.75 Å². The lowest BCUT2D eigenvalue weighted by Crippen LogP contribution is -2.55. The molecule has 0 amide bonds. The molecular weight excluding hydrogens is 436 g/mol. The first-order chi connectivity index (χ1) is 15.1. The third-order valence-corrected chi connectivity index (χ3v) is 6.97. The normalized spacial score (nSPS) is 23.2. The smallest absolute Gasteiger partial charge is 0.262 e. The Bertz CT molecular complexity index is 726. The second-order valence-corrected chi connectivity index (χ2v) is 11.3. The zero-order valence-corrected chi connectivity index (χ0v) is 21.9. The average Bonchev–Trinajstić information content (AvgIpc) is 2.68. The van der Waals surface area contributed by atoms with Gasteiger partial charge in [-0.25, -0.2) is 0 Å². The predicted octanol–water partition coefficient (Wildman–Crippen LogP) is 7.08. The lowest BCUT2D eigenvalue weighted by molar-refractivity contribution is 0.0439. The van der Waals surface area contributed by atoms with Crippen molar-refractivity contribution in [3.8, 4) is 5.75 Å². The topological polar surface area (TPSA) is 53.5 Å². The maximum atomic E-state index is 9.70. The first-order valence-corrected chi connectivity index (χ1v) is 13.0. The highest BCUT2D eigenvalue weighted by molar-refractivity contribution is 7.80. The van der Waals surface area contributed by atoms with Gasteiger partial charge in [-0.3, -0.25) is 0 Å². The maximum Gasteiger partial charge on any atom is 0.262 e. The average molecular weight is 479 g/mol. The predicted molar refractivity (Wildman–Crippen MR) is 142 cm³/mol. The number of thiocarbonyl (C=S) groups is 2. The van der Waals surface area contributed by atoms with Crippen LogP contribution in [0.5, 0.6) is 5.75 Å². The van der Waals surface area contributed by atoms with Crippen molar-refractivity contribution in [3.05, 3.63) is 30.3 Å². The molecule has 32 heavy (non-hydrogen) atoms. The van der Waals surface area contributed by atoms with Gasteiger partial charge in [0.05, 0.1) is 0 Å². The Morgan fingerprint density at radius 2 is 1.72 bits per heavy atom. The van der Waals surface area contributed by atoms with Crippen LogP contribution in [-0.2, 0) is 0 Å². The summed E-state index contributed by atoms with van der Waals surface area (Å²) in [6.45, 7) is 9.21. The summed E-state index contributed by atoms with van der Waals surface area (Å²) in [5, 5.41) is 16.7. The monoisotopic (exact) mass is 478 g/mol. The van der Waals surface area contributed by atoms with Gasteiger partial charge in [-0.1, -0.05) is 84.4 Å². The van der Waals surface area contributed by atoms with E-state index in [1.807, 2.05) is 30.3 Å². The quantitative estimate of drug-likeness (QED) is 0.233. The van der Waals surface area contributed by atoms with E-state index in [2.05, 4.69) is 38.3 Å². The van der Waals surface area contributed by atoms with Crippen LogP contribution < -0.4 is 15.4 Å². The molecule has 3 N–H and O–H groups in total. The summed E-state index contributed by atoms with van der Waals surface area (Å²) in [4.78, 5) is 0. The third-order valence-electron chi connectivity index (χ3n) is 6.66. The maximum absolute atomic E-state index is 9.70. The Hall–Kier alpha value is -1.40. The molecule has 3 unspecified atom stereocenters. The van der Waals surface area contributed by atoms with Crippen LogP contribution in [0.3, 0.4) is 0 Å². The number of aliphatic hydroxyl groups is 1. The SMILES string of the molecule is CCCCCCCCC(NC(=S)Oc1ccccc1)C1(C)CC(NC(O)=S)CC(C)(C)C1. The molecule has 0 heterocycles. The summed E-state index contributed by atoms with van der Waals surface area (Å²) >= 11 is 10.6. The van der Waals surface area contributed by atoms with E-state index in [0.29, 0.717) is 5.17 Å². The molecule has 0 aromatic heterocycles. The fourth-order valence-corrected chi connectivity index (χ4v) is 5.98. The van der Waals surface area contributed by atoms with Gasteiger partial charge in [0.15, 0.2) is 0 Å². The molecule has 2 rings (SSSR count). The number of hydrogen-bond donors (Lipinski definition) is 3. The summed E-state index contributed by atoms with van der Waals surface area (Å²) in [7, 11) is 0. The van der Waals surface area contributed by atoms with Crippen LogP contribution in [0, 0.1) is 10.8 Å². The summed E-state index contributed by atoms with van der Waals surface area (Å²) < 4.78 is 5.93. The van der Waals surface area contributed by atoms with Gasteiger partial charge in [-0.05, 0) is 73.1 Å². The molecule has 0 saturated heterocycles. The Morgan fingerprint density at radius 1 is 1.06 bits per heavy atom. The summed E-state index contributed by atoms with van der Waals surface area (Å²) in [6, 6.07) is 10.1. The van der Waals surface area contributed by atoms with Crippen LogP contribution in [0.1, 0.15) is 91.9 Å². The van der Waals surface area contributed by atoms with Crippen molar-refractivity contribution in [2.75, 3.05) is 0 Å². The van der Waals surface area contributed by atoms with Gasteiger partial charge >= 0.3 is 0 Å². The summed E-state index contributed by atoms with van der Waals surface area (Å²) in [6.07, 6.45) is 11.6. The van der Waals surface area contributed by atoms with E-state index in [1.165, 1.54) is 38.5 Å². The number of unbranched alkanes of at least 4 members (excludes halogenated alkanes) is 5. The standard InChI is InChI=1S/C26H42N2O2S2/c1-5-6-7-8-9-13-16-22(28-24(32)30-21-14-11-10-12-15-21)26(4)18-20(27-23(29)31)17-25(2,3)19-26/h10-12,14-15,20,22H,5-9,13,16-19H2,1-4H3,(H,28,32)(H2,27,29,31). The summed E-state index contributed by atoms with van der Waals surface area (Å²) in [5.41, 5.74) is 0.135. The molecular formula is C26H42N2O2S2. The number of ether oxygens (including phenoxy) is 1. The van der Waals surface area contributed by atoms with Gasteiger partial charge in [0, 0.05) is 12.1 Å². The van der Waals surface area contributed by atoms with Crippen molar-refractivity contribution >= 4 is 34.8 Å². The van der Waals surface area contributed by atoms with E-state index >= 15 is 0 Å². The fourth-order valence-electron chi connectivity index (χ4n) is 5.57. The zero-order valence-electron chi connectivity index (χ0n) is 20.3. The first-order valence-electron chi connectivity index (χ1n) is 12.2. The second-order valence-electron chi connectivity index (χ2n) is 10.5. The highest BCUT2D eigenvalue weighted by atomic mass is 32.1. The van der Waals surface area contributed by atoms with Gasteiger partial charge in [-0.2, -0.15) is 0 Å². The number of benzene rings is 1. The second kappa shape index (κ2) is 12.7. The number of rotatable bonds is 11. The zero-order chi connectivity index (χ0) is 23.6. The van der Waals surface area contributed by atoms with Crippen molar-refractivity contribution in [1.82, 2.24) is 10.6 Å². The fraction of sp³-hybridized carbons (Fsp3) is 0.692. The molecule has 4 nitrogen and oxygen atoms in total. The van der Waals surface area contributed by atoms with E-state index in [1.54, 1.807) is 0 Å². The molecule has 6 heteroatoms. The van der Waals surface area contributed by atoms with Crippen molar-refractivity contribution in [2.45, 2.75) is 104 Å². The van der Waals surface area contributed by atoms with Crippen LogP contribution in [0.25, 0.3) is 0 Å². The van der Waals surface area contributed by atoms with Crippen LogP contribution in [-0.4, -0.2) is 27.5 Å². The summed E-state index contributed by atoms with van der Waals surface area (Å²) in [5.74, 6) is 0.752. The van der Waals surface area contributed by atoms with Gasteiger partial charge in [0.2, 0.25) is 0 Å². The Morgan fingerprint density at radius 3 is 2.38 bits per heavy atom. The number of nitrogens with one attached hydrogen (secondary N) is 2. The van der Waals surface area contributed by atoms with Crippen LogP contribution in [0.4, 0.5) is 0 Å². The number of hydrogen-bond acceptors (Lipinski definition) is 3. The van der Waals surface area contributed by atoms with Crippen LogP contribution in [0.15, 0.2) is 30.3 Å². The Kier molecular flexibility index (Phi) is 10.7. The van der Waals surface area contributed by atoms with Gasteiger partial charge in [0.25, 0.3) is 10.3 Å².